The first-order valence-corrected chi connectivity index (χ1v) is 4.72. The first-order chi connectivity index (χ1) is 6.68. The van der Waals surface area contributed by atoms with E-state index in [4.69, 9.17) is 4.74 Å². The standard InChI is InChI=1S/C12H13O2/c1-8(2)9-3-5-10(6-4-9)12(13)11-7-14-11/h3-6,11-12H,1,7H2,2H3/q-1. The summed E-state index contributed by atoms with van der Waals surface area (Å²) in [6.45, 7) is 6.40. The van der Waals surface area contributed by atoms with Crippen molar-refractivity contribution in [3.05, 3.63) is 42.0 Å². The van der Waals surface area contributed by atoms with Gasteiger partial charge in [-0.1, -0.05) is 48.1 Å². The van der Waals surface area contributed by atoms with Gasteiger partial charge in [-0.3, -0.25) is 0 Å². The smallest absolute Gasteiger partial charge is 0.0726 e. The molecule has 1 saturated heterocycles. The highest BCUT2D eigenvalue weighted by molar-refractivity contribution is 5.61. The number of ether oxygens (including phenoxy) is 1. The largest absolute Gasteiger partial charge is 0.847 e. The molecule has 0 radical (unpaired) electrons. The lowest BCUT2D eigenvalue weighted by molar-refractivity contribution is -0.430. The van der Waals surface area contributed by atoms with Crippen LogP contribution in [0, 0.1) is 0 Å². The number of epoxide rings is 1. The van der Waals surface area contributed by atoms with Gasteiger partial charge in [0.05, 0.1) is 12.7 Å². The maximum Gasteiger partial charge on any atom is 0.0726 e. The van der Waals surface area contributed by atoms with Gasteiger partial charge in [-0.2, -0.15) is 0 Å². The topological polar surface area (TPSA) is 35.6 Å². The fourth-order valence-corrected chi connectivity index (χ4v) is 1.40. The predicted octanol–water partition coefficient (Wildman–Crippen LogP) is 1.52. The average molecular weight is 189 g/mol. The summed E-state index contributed by atoms with van der Waals surface area (Å²) in [7, 11) is 0. The fourth-order valence-electron chi connectivity index (χ4n) is 1.40. The SMILES string of the molecule is C=C(C)c1ccc(C([O-])C2CO2)cc1. The highest BCUT2D eigenvalue weighted by Gasteiger charge is 2.25. The second kappa shape index (κ2) is 3.56. The van der Waals surface area contributed by atoms with E-state index in [0.29, 0.717) is 6.61 Å². The molecule has 0 N–H and O–H groups in total. The number of hydrogen-bond acceptors (Lipinski definition) is 2. The van der Waals surface area contributed by atoms with Crippen molar-refractivity contribution >= 4 is 5.57 Å². The molecule has 0 saturated carbocycles. The molecule has 2 rings (SSSR count). The summed E-state index contributed by atoms with van der Waals surface area (Å²) in [5.74, 6) is 0. The average Bonchev–Trinajstić information content (AvgIpc) is 3.00. The third-order valence-electron chi connectivity index (χ3n) is 2.43. The first kappa shape index (κ1) is 9.44. The van der Waals surface area contributed by atoms with Crippen LogP contribution in [0.25, 0.3) is 5.57 Å². The van der Waals surface area contributed by atoms with Crippen molar-refractivity contribution in [1.29, 1.82) is 0 Å². The second-order valence-corrected chi connectivity index (χ2v) is 3.69. The molecule has 1 aromatic carbocycles. The predicted molar refractivity (Wildman–Crippen MR) is 53.6 cm³/mol. The van der Waals surface area contributed by atoms with E-state index in [-0.39, 0.29) is 6.10 Å². The minimum Gasteiger partial charge on any atom is -0.847 e. The van der Waals surface area contributed by atoms with E-state index < -0.39 is 6.10 Å². The van der Waals surface area contributed by atoms with Gasteiger partial charge in [0.1, 0.15) is 0 Å². The second-order valence-electron chi connectivity index (χ2n) is 3.69. The van der Waals surface area contributed by atoms with Crippen LogP contribution in [0.2, 0.25) is 0 Å². The number of hydrogen-bond donors (Lipinski definition) is 0. The highest BCUT2D eigenvalue weighted by Crippen LogP contribution is 2.25. The van der Waals surface area contributed by atoms with Gasteiger partial charge < -0.3 is 9.84 Å². The van der Waals surface area contributed by atoms with Crippen molar-refractivity contribution in [2.75, 3.05) is 6.61 Å². The van der Waals surface area contributed by atoms with Gasteiger partial charge in [0.25, 0.3) is 0 Å². The molecule has 0 spiro atoms. The maximum atomic E-state index is 11.6. The van der Waals surface area contributed by atoms with Crippen LogP contribution in [0.3, 0.4) is 0 Å². The summed E-state index contributed by atoms with van der Waals surface area (Å²) >= 11 is 0. The summed E-state index contributed by atoms with van der Waals surface area (Å²) in [5.41, 5.74) is 2.90. The van der Waals surface area contributed by atoms with Gasteiger partial charge in [-0.25, -0.2) is 0 Å². The van der Waals surface area contributed by atoms with Crippen LogP contribution < -0.4 is 5.11 Å². The van der Waals surface area contributed by atoms with Crippen LogP contribution in [-0.2, 0) is 4.74 Å². The third kappa shape index (κ3) is 1.86. The van der Waals surface area contributed by atoms with E-state index in [9.17, 15) is 5.11 Å². The first-order valence-electron chi connectivity index (χ1n) is 4.72. The monoisotopic (exact) mass is 189 g/mol. The Hall–Kier alpha value is -1.12. The Morgan fingerprint density at radius 1 is 1.50 bits per heavy atom. The Morgan fingerprint density at radius 3 is 2.50 bits per heavy atom. The molecule has 2 atom stereocenters. The van der Waals surface area contributed by atoms with Crippen molar-refractivity contribution in [3.63, 3.8) is 0 Å². The molecular weight excluding hydrogens is 176 g/mol. The zero-order valence-corrected chi connectivity index (χ0v) is 8.19. The molecular formula is C12H13O2-. The molecule has 0 amide bonds. The van der Waals surface area contributed by atoms with Crippen molar-refractivity contribution in [2.45, 2.75) is 19.1 Å². The molecule has 1 fully saturated rings. The fraction of sp³-hybridized carbons (Fsp3) is 0.333. The zero-order valence-electron chi connectivity index (χ0n) is 8.19. The van der Waals surface area contributed by atoms with E-state index in [0.717, 1.165) is 16.7 Å². The Balaban J connectivity index is 2.16. The van der Waals surface area contributed by atoms with Gasteiger partial charge in [0, 0.05) is 0 Å². The van der Waals surface area contributed by atoms with Crippen LogP contribution in [0.15, 0.2) is 30.8 Å². The normalized spacial score (nSPS) is 21.7. The molecule has 14 heavy (non-hydrogen) atoms. The summed E-state index contributed by atoms with van der Waals surface area (Å²) < 4.78 is 4.97. The number of allylic oxidation sites excluding steroid dienone is 1. The van der Waals surface area contributed by atoms with Crippen molar-refractivity contribution in [1.82, 2.24) is 0 Å². The lowest BCUT2D eigenvalue weighted by Crippen LogP contribution is -2.21. The minimum absolute atomic E-state index is 0.106. The molecule has 1 heterocycles. The maximum absolute atomic E-state index is 11.6. The van der Waals surface area contributed by atoms with Gasteiger partial charge in [-0.05, 0) is 12.5 Å². The Kier molecular flexibility index (Phi) is 2.40. The Labute approximate surface area is 83.8 Å². The van der Waals surface area contributed by atoms with Crippen LogP contribution in [0.5, 0.6) is 0 Å². The molecule has 2 heteroatoms. The molecule has 2 unspecified atom stereocenters. The van der Waals surface area contributed by atoms with E-state index in [1.165, 1.54) is 0 Å². The molecule has 1 aliphatic rings. The highest BCUT2D eigenvalue weighted by atomic mass is 16.6. The molecule has 2 nitrogen and oxygen atoms in total. The van der Waals surface area contributed by atoms with E-state index >= 15 is 0 Å². The molecule has 0 aromatic heterocycles. The lowest BCUT2D eigenvalue weighted by atomic mass is 10.0. The number of rotatable bonds is 3. The Bertz CT molecular complexity index is 336. The summed E-state index contributed by atoms with van der Waals surface area (Å²) in [6, 6.07) is 7.60. The van der Waals surface area contributed by atoms with Crippen LogP contribution >= 0.6 is 0 Å². The molecule has 1 aromatic rings. The summed E-state index contributed by atoms with van der Waals surface area (Å²) in [4.78, 5) is 0. The molecule has 0 bridgehead atoms. The molecule has 0 aliphatic carbocycles. The lowest BCUT2D eigenvalue weighted by Gasteiger charge is -2.20. The van der Waals surface area contributed by atoms with Crippen molar-refractivity contribution < 1.29 is 9.84 Å². The van der Waals surface area contributed by atoms with Crippen molar-refractivity contribution in [3.8, 4) is 0 Å². The summed E-state index contributed by atoms with van der Waals surface area (Å²) in [6.07, 6.45) is -0.833. The Morgan fingerprint density at radius 2 is 2.07 bits per heavy atom. The minimum atomic E-state index is -0.728. The van der Waals surface area contributed by atoms with Gasteiger partial charge >= 0.3 is 0 Å². The van der Waals surface area contributed by atoms with Crippen LogP contribution in [-0.4, -0.2) is 12.7 Å². The quantitative estimate of drug-likeness (QED) is 0.676. The molecule has 1 aliphatic heterocycles. The van der Waals surface area contributed by atoms with E-state index in [1.807, 2.05) is 31.2 Å². The van der Waals surface area contributed by atoms with Crippen LogP contribution in [0.1, 0.15) is 24.2 Å². The number of benzene rings is 1. The van der Waals surface area contributed by atoms with Gasteiger partial charge in [0.2, 0.25) is 0 Å². The zero-order chi connectivity index (χ0) is 10.1. The van der Waals surface area contributed by atoms with Gasteiger partial charge in [0.15, 0.2) is 0 Å². The van der Waals surface area contributed by atoms with E-state index in [1.54, 1.807) is 0 Å². The van der Waals surface area contributed by atoms with Crippen molar-refractivity contribution in [2.24, 2.45) is 0 Å². The van der Waals surface area contributed by atoms with E-state index in [2.05, 4.69) is 6.58 Å². The summed E-state index contributed by atoms with van der Waals surface area (Å²) in [5, 5.41) is 11.6. The third-order valence-corrected chi connectivity index (χ3v) is 2.43. The van der Waals surface area contributed by atoms with Crippen LogP contribution in [0.4, 0.5) is 0 Å². The molecule has 74 valence electrons. The van der Waals surface area contributed by atoms with Gasteiger partial charge in [-0.15, -0.1) is 0 Å².